The molecule has 2 aliphatic rings. The summed E-state index contributed by atoms with van der Waals surface area (Å²) in [6.45, 7) is 0.904. The van der Waals surface area contributed by atoms with E-state index in [1.54, 1.807) is 20.5 Å². The van der Waals surface area contributed by atoms with Crippen LogP contribution in [0, 0.1) is 0 Å². The van der Waals surface area contributed by atoms with Crippen molar-refractivity contribution in [3.63, 3.8) is 0 Å². The van der Waals surface area contributed by atoms with Crippen molar-refractivity contribution in [2.24, 2.45) is 0 Å². The third kappa shape index (κ3) is 3.22. The second-order valence-electron chi connectivity index (χ2n) is 7.29. The van der Waals surface area contributed by atoms with Crippen molar-refractivity contribution in [1.29, 1.82) is 0 Å². The van der Waals surface area contributed by atoms with Gasteiger partial charge in [0.15, 0.2) is 23.0 Å². The normalized spacial score (nSPS) is 20.1. The monoisotopic (exact) mass is 471 g/mol. The highest BCUT2D eigenvalue weighted by atomic mass is 79.9. The van der Waals surface area contributed by atoms with Gasteiger partial charge in [-0.25, -0.2) is 0 Å². The van der Waals surface area contributed by atoms with Gasteiger partial charge in [-0.1, -0.05) is 28.1 Å². The minimum absolute atomic E-state index is 0.0847. The Morgan fingerprint density at radius 3 is 2.63 bits per heavy atom. The molecule has 6 nitrogen and oxygen atoms in total. The lowest BCUT2D eigenvalue weighted by Crippen LogP contribution is -2.40. The highest BCUT2D eigenvalue weighted by Crippen LogP contribution is 2.46. The van der Waals surface area contributed by atoms with Crippen LogP contribution in [0.15, 0.2) is 53.1 Å². The molecule has 0 aliphatic carbocycles. The fraction of sp³-hybridized carbons (Fsp3) is 0.304. The molecule has 0 bridgehead atoms. The van der Waals surface area contributed by atoms with Crippen LogP contribution in [0.5, 0.6) is 23.0 Å². The van der Waals surface area contributed by atoms with Crippen LogP contribution in [0.4, 0.5) is 0 Å². The highest BCUT2D eigenvalue weighted by molar-refractivity contribution is 9.09. The molecule has 2 aliphatic heterocycles. The molecular weight excluding hydrogens is 450 g/mol. The van der Waals surface area contributed by atoms with Crippen LogP contribution in [-0.4, -0.2) is 30.9 Å². The van der Waals surface area contributed by atoms with Gasteiger partial charge in [-0.2, -0.15) is 0 Å². The van der Waals surface area contributed by atoms with E-state index >= 15 is 0 Å². The minimum Gasteiger partial charge on any atom is -0.493 e. The minimum atomic E-state index is -0.0847. The summed E-state index contributed by atoms with van der Waals surface area (Å²) < 4.78 is 28.3. The Labute approximate surface area is 183 Å². The molecule has 0 N–H and O–H groups in total. The SMILES string of the molecule is COc1cccc(CN2C(Br)Cc3cc4c(cc3C2c2ccco2)OCO4)c1OC. The molecular formula is C23H22BrNO5. The lowest BCUT2D eigenvalue weighted by atomic mass is 9.90. The van der Waals surface area contributed by atoms with Crippen LogP contribution in [0.25, 0.3) is 0 Å². The van der Waals surface area contributed by atoms with Crippen molar-refractivity contribution in [3.05, 3.63) is 71.2 Å². The van der Waals surface area contributed by atoms with Crippen molar-refractivity contribution in [1.82, 2.24) is 4.90 Å². The van der Waals surface area contributed by atoms with Crippen molar-refractivity contribution in [2.45, 2.75) is 24.0 Å². The molecule has 2 aromatic carbocycles. The Kier molecular flexibility index (Phi) is 5.08. The molecule has 2 atom stereocenters. The zero-order chi connectivity index (χ0) is 20.7. The molecule has 3 heterocycles. The molecule has 1 aromatic heterocycles. The van der Waals surface area contributed by atoms with Crippen LogP contribution in [-0.2, 0) is 13.0 Å². The van der Waals surface area contributed by atoms with Crippen LogP contribution in [0.1, 0.15) is 28.5 Å². The molecule has 5 rings (SSSR count). The molecule has 0 saturated carbocycles. The Morgan fingerprint density at radius 2 is 1.90 bits per heavy atom. The number of methoxy groups -OCH3 is 2. The first-order valence-corrected chi connectivity index (χ1v) is 10.7. The fourth-order valence-corrected chi connectivity index (χ4v) is 5.03. The van der Waals surface area contributed by atoms with Crippen LogP contribution < -0.4 is 18.9 Å². The Bertz CT molecular complexity index is 1050. The molecule has 30 heavy (non-hydrogen) atoms. The first-order chi connectivity index (χ1) is 14.7. The van der Waals surface area contributed by atoms with E-state index < -0.39 is 0 Å². The van der Waals surface area contributed by atoms with E-state index in [-0.39, 0.29) is 17.8 Å². The van der Waals surface area contributed by atoms with E-state index in [2.05, 4.69) is 39.0 Å². The van der Waals surface area contributed by atoms with Gasteiger partial charge in [-0.05, 0) is 47.9 Å². The number of para-hydroxylation sites is 1. The van der Waals surface area contributed by atoms with E-state index in [1.165, 1.54) is 5.56 Å². The molecule has 156 valence electrons. The summed E-state index contributed by atoms with van der Waals surface area (Å²) in [5.74, 6) is 3.92. The Hall–Kier alpha value is -2.64. The second kappa shape index (κ2) is 7.89. The predicted octanol–water partition coefficient (Wildman–Crippen LogP) is 4.89. The van der Waals surface area contributed by atoms with Gasteiger partial charge >= 0.3 is 0 Å². The third-order valence-corrected chi connectivity index (χ3v) is 6.51. The zero-order valence-corrected chi connectivity index (χ0v) is 18.3. The van der Waals surface area contributed by atoms with Crippen LogP contribution in [0.3, 0.4) is 0 Å². The number of ether oxygens (including phenoxy) is 4. The molecule has 0 spiro atoms. The van der Waals surface area contributed by atoms with Gasteiger partial charge in [-0.3, -0.25) is 4.90 Å². The topological polar surface area (TPSA) is 53.3 Å². The summed E-state index contributed by atoms with van der Waals surface area (Å²) in [6.07, 6.45) is 2.54. The molecule has 3 aromatic rings. The smallest absolute Gasteiger partial charge is 0.231 e. The summed E-state index contributed by atoms with van der Waals surface area (Å²) in [4.78, 5) is 2.46. The third-order valence-electron chi connectivity index (χ3n) is 5.66. The van der Waals surface area contributed by atoms with E-state index in [9.17, 15) is 0 Å². The highest BCUT2D eigenvalue weighted by Gasteiger charge is 2.38. The van der Waals surface area contributed by atoms with Crippen molar-refractivity contribution in [3.8, 4) is 23.0 Å². The van der Waals surface area contributed by atoms with E-state index in [0.717, 1.165) is 46.3 Å². The lowest BCUT2D eigenvalue weighted by molar-refractivity contribution is 0.165. The second-order valence-corrected chi connectivity index (χ2v) is 8.34. The average Bonchev–Trinajstić information content (AvgIpc) is 3.44. The number of alkyl halides is 1. The van der Waals surface area contributed by atoms with Crippen molar-refractivity contribution in [2.75, 3.05) is 21.0 Å². The number of nitrogens with zero attached hydrogens (tertiary/aromatic N) is 1. The number of hydrogen-bond acceptors (Lipinski definition) is 6. The van der Waals surface area contributed by atoms with Gasteiger partial charge in [0.2, 0.25) is 6.79 Å². The maximum atomic E-state index is 5.88. The van der Waals surface area contributed by atoms with Gasteiger partial charge < -0.3 is 23.4 Å². The van der Waals surface area contributed by atoms with E-state index in [1.807, 2.05) is 24.3 Å². The number of fused-ring (bicyclic) bond motifs is 2. The van der Waals surface area contributed by atoms with Gasteiger partial charge in [0, 0.05) is 12.1 Å². The van der Waals surface area contributed by atoms with Crippen LogP contribution in [0.2, 0.25) is 0 Å². The lowest BCUT2D eigenvalue weighted by Gasteiger charge is -2.40. The van der Waals surface area contributed by atoms with Crippen molar-refractivity contribution < 1.29 is 23.4 Å². The maximum absolute atomic E-state index is 5.88. The first-order valence-electron chi connectivity index (χ1n) is 9.75. The van der Waals surface area contributed by atoms with E-state index in [0.29, 0.717) is 6.54 Å². The summed E-state index contributed by atoms with van der Waals surface area (Å²) in [7, 11) is 3.32. The van der Waals surface area contributed by atoms with E-state index in [4.69, 9.17) is 23.4 Å². The van der Waals surface area contributed by atoms with Gasteiger partial charge in [-0.15, -0.1) is 0 Å². The Balaban J connectivity index is 1.60. The quantitative estimate of drug-likeness (QED) is 0.389. The molecule has 2 unspecified atom stereocenters. The van der Waals surface area contributed by atoms with Gasteiger partial charge in [0.05, 0.1) is 31.5 Å². The summed E-state index contributed by atoms with van der Waals surface area (Å²) in [5.41, 5.74) is 3.42. The summed E-state index contributed by atoms with van der Waals surface area (Å²) >= 11 is 3.91. The fourth-order valence-electron chi connectivity index (χ4n) is 4.30. The number of halogens is 1. The first kappa shape index (κ1) is 19.3. The molecule has 0 radical (unpaired) electrons. The molecule has 0 fully saturated rings. The zero-order valence-electron chi connectivity index (χ0n) is 16.8. The van der Waals surface area contributed by atoms with Crippen LogP contribution >= 0.6 is 15.9 Å². The average molecular weight is 472 g/mol. The summed E-state index contributed by atoms with van der Waals surface area (Å²) in [6, 6.07) is 14.0. The van der Waals surface area contributed by atoms with Gasteiger partial charge in [0.25, 0.3) is 0 Å². The molecule has 7 heteroatoms. The number of rotatable bonds is 5. The molecule has 0 saturated heterocycles. The number of furan rings is 1. The van der Waals surface area contributed by atoms with Gasteiger partial charge in [0.1, 0.15) is 5.76 Å². The maximum Gasteiger partial charge on any atom is 0.231 e. The summed E-state index contributed by atoms with van der Waals surface area (Å²) in [5, 5.41) is 0. The largest absolute Gasteiger partial charge is 0.493 e. The van der Waals surface area contributed by atoms with Crippen molar-refractivity contribution >= 4 is 15.9 Å². The predicted molar refractivity (Wildman–Crippen MR) is 115 cm³/mol. The standard InChI is InChI=1S/C23H22BrNO5/c1-26-18-6-3-5-14(23(18)27-2)12-25-21(24)10-15-9-19-20(30-13-29-19)11-16(15)22(25)17-7-4-8-28-17/h3-9,11,21-22H,10,12-13H2,1-2H3. The Morgan fingerprint density at radius 1 is 1.07 bits per heavy atom. The molecule has 0 amide bonds. The number of benzene rings is 2. The number of hydrogen-bond donors (Lipinski definition) is 0.